The molecule has 0 atom stereocenters. The number of fused-ring (bicyclic) bond motifs is 2. The molecule has 0 bridgehead atoms. The van der Waals surface area contributed by atoms with Gasteiger partial charge in [-0.1, -0.05) is 39.3 Å². The van der Waals surface area contributed by atoms with Gasteiger partial charge in [-0.05, 0) is 48.6 Å². The minimum Gasteiger partial charge on any atom is -0.508 e. The Kier molecular flexibility index (Phi) is 6.53. The van der Waals surface area contributed by atoms with Crippen molar-refractivity contribution >= 4 is 23.6 Å². The number of rotatable bonds is 5. The van der Waals surface area contributed by atoms with Gasteiger partial charge in [0.15, 0.2) is 0 Å². The molecule has 4 amide bonds. The van der Waals surface area contributed by atoms with Gasteiger partial charge in [-0.25, -0.2) is 0 Å². The van der Waals surface area contributed by atoms with E-state index < -0.39 is 0 Å². The number of aryl methyl sites for hydroxylation is 1. The number of hydrogen-bond donors (Lipinski definition) is 2. The summed E-state index contributed by atoms with van der Waals surface area (Å²) in [6.45, 7) is 6.41. The zero-order valence-electron chi connectivity index (χ0n) is 17.9. The average molecular weight is 422 g/mol. The maximum Gasteiger partial charge on any atom is 0.261 e. The van der Waals surface area contributed by atoms with E-state index in [9.17, 15) is 24.3 Å². The number of nitrogens with zero attached hydrogens (tertiary/aromatic N) is 1. The molecule has 0 saturated carbocycles. The lowest BCUT2D eigenvalue weighted by atomic mass is 9.99. The van der Waals surface area contributed by atoms with Crippen LogP contribution in [0.4, 0.5) is 0 Å². The highest BCUT2D eigenvalue weighted by Crippen LogP contribution is 2.26. The molecule has 2 aliphatic heterocycles. The Labute approximate surface area is 181 Å². The Morgan fingerprint density at radius 2 is 1.65 bits per heavy atom. The summed E-state index contributed by atoms with van der Waals surface area (Å²) in [6.07, 6.45) is 2.98. The summed E-state index contributed by atoms with van der Waals surface area (Å²) in [6, 6.07) is 9.71. The summed E-state index contributed by atoms with van der Waals surface area (Å²) in [4.78, 5) is 47.9. The van der Waals surface area contributed by atoms with E-state index in [1.54, 1.807) is 6.07 Å². The second-order valence-electron chi connectivity index (χ2n) is 8.07. The predicted octanol–water partition coefficient (Wildman–Crippen LogP) is 3.56. The molecule has 2 heterocycles. The standard InChI is InChI=1S/C12H13NO3.C12H13NO2/c1-7(2)6-13-11(15)9-4-3-8(14)5-10(9)12(13)16;1-2-3-5-8-6-4-7-9-10(8)12(15)13-11(9)14/h3-5,7,14H,6H2,1-2H3;4,6-7H,2-3,5H2,1H3,(H,13,14,15). The fraction of sp³-hybridized carbons (Fsp3) is 0.333. The number of hydrogen-bond acceptors (Lipinski definition) is 5. The highest BCUT2D eigenvalue weighted by molar-refractivity contribution is 6.22. The minimum atomic E-state index is -0.315. The zero-order chi connectivity index (χ0) is 22.7. The molecule has 0 radical (unpaired) electrons. The monoisotopic (exact) mass is 422 g/mol. The normalized spacial score (nSPS) is 14.4. The molecular formula is C24H26N2O5. The molecule has 0 aromatic heterocycles. The Hall–Kier alpha value is -3.48. The molecule has 0 unspecified atom stereocenters. The quantitative estimate of drug-likeness (QED) is 0.717. The van der Waals surface area contributed by atoms with E-state index in [4.69, 9.17) is 0 Å². The molecule has 0 aliphatic carbocycles. The van der Waals surface area contributed by atoms with Crippen molar-refractivity contribution in [2.45, 2.75) is 40.0 Å². The van der Waals surface area contributed by atoms with Gasteiger partial charge in [0.25, 0.3) is 23.6 Å². The van der Waals surface area contributed by atoms with Crippen LogP contribution in [0.25, 0.3) is 0 Å². The van der Waals surface area contributed by atoms with Gasteiger partial charge in [0.05, 0.1) is 22.3 Å². The van der Waals surface area contributed by atoms with Crippen molar-refractivity contribution in [2.75, 3.05) is 6.54 Å². The summed E-state index contributed by atoms with van der Waals surface area (Å²) in [5, 5.41) is 11.6. The molecule has 162 valence electrons. The molecule has 0 fully saturated rings. The molecule has 2 aliphatic rings. The van der Waals surface area contributed by atoms with Gasteiger partial charge in [-0.15, -0.1) is 0 Å². The van der Waals surface area contributed by atoms with E-state index in [1.165, 1.54) is 23.1 Å². The van der Waals surface area contributed by atoms with Crippen LogP contribution in [0, 0.1) is 5.92 Å². The third kappa shape index (κ3) is 4.50. The van der Waals surface area contributed by atoms with Crippen molar-refractivity contribution in [3.8, 4) is 5.75 Å². The van der Waals surface area contributed by atoms with Gasteiger partial charge in [-0.2, -0.15) is 0 Å². The first kappa shape index (κ1) is 22.2. The van der Waals surface area contributed by atoms with Crippen molar-refractivity contribution in [3.05, 3.63) is 64.2 Å². The number of phenolic OH excluding ortho intramolecular Hbond substituents is 1. The number of nitrogens with one attached hydrogen (secondary N) is 1. The largest absolute Gasteiger partial charge is 0.508 e. The van der Waals surface area contributed by atoms with Gasteiger partial charge in [0.1, 0.15) is 5.75 Å². The van der Waals surface area contributed by atoms with E-state index in [2.05, 4.69) is 12.2 Å². The molecular weight excluding hydrogens is 396 g/mol. The molecule has 7 nitrogen and oxygen atoms in total. The molecule has 2 aromatic carbocycles. The summed E-state index contributed by atoms with van der Waals surface area (Å²) in [5.41, 5.74) is 2.76. The zero-order valence-corrected chi connectivity index (χ0v) is 17.9. The van der Waals surface area contributed by atoms with E-state index in [0.29, 0.717) is 28.8 Å². The fourth-order valence-corrected chi connectivity index (χ4v) is 3.68. The molecule has 4 rings (SSSR count). The van der Waals surface area contributed by atoms with E-state index in [-0.39, 0.29) is 35.3 Å². The van der Waals surface area contributed by atoms with Crippen molar-refractivity contribution < 1.29 is 24.3 Å². The number of phenols is 1. The van der Waals surface area contributed by atoms with Gasteiger partial charge in [0.2, 0.25) is 0 Å². The average Bonchev–Trinajstić information content (AvgIpc) is 3.15. The van der Waals surface area contributed by atoms with Gasteiger partial charge in [0, 0.05) is 6.54 Å². The Morgan fingerprint density at radius 1 is 0.935 bits per heavy atom. The van der Waals surface area contributed by atoms with Crippen LogP contribution in [-0.2, 0) is 6.42 Å². The van der Waals surface area contributed by atoms with Crippen LogP contribution < -0.4 is 5.32 Å². The molecule has 2 aromatic rings. The number of aromatic hydroxyl groups is 1. The fourth-order valence-electron chi connectivity index (χ4n) is 3.68. The van der Waals surface area contributed by atoms with Crippen LogP contribution in [0.5, 0.6) is 5.75 Å². The first-order chi connectivity index (χ1) is 14.7. The second-order valence-corrected chi connectivity index (χ2v) is 8.07. The van der Waals surface area contributed by atoms with Gasteiger partial charge < -0.3 is 5.11 Å². The van der Waals surface area contributed by atoms with Crippen LogP contribution in [0.1, 0.15) is 80.6 Å². The van der Waals surface area contributed by atoms with Crippen LogP contribution in [-0.4, -0.2) is 40.2 Å². The number of benzene rings is 2. The number of carbonyl (C=O) groups excluding carboxylic acids is 4. The molecule has 2 N–H and O–H groups in total. The SMILES string of the molecule is CC(C)CN1C(=O)c2ccc(O)cc2C1=O.CCCCc1cccc2c1C(=O)NC2=O. The van der Waals surface area contributed by atoms with Crippen LogP contribution in [0.3, 0.4) is 0 Å². The second kappa shape index (κ2) is 9.12. The van der Waals surface area contributed by atoms with Gasteiger partial charge >= 0.3 is 0 Å². The third-order valence-electron chi connectivity index (χ3n) is 5.15. The van der Waals surface area contributed by atoms with Gasteiger partial charge in [-0.3, -0.25) is 29.4 Å². The Balaban J connectivity index is 0.000000176. The smallest absolute Gasteiger partial charge is 0.261 e. The lowest BCUT2D eigenvalue weighted by Crippen LogP contribution is -2.33. The van der Waals surface area contributed by atoms with Crippen molar-refractivity contribution in [2.24, 2.45) is 5.92 Å². The highest BCUT2D eigenvalue weighted by atomic mass is 16.3. The maximum absolute atomic E-state index is 11.9. The van der Waals surface area contributed by atoms with Crippen molar-refractivity contribution in [3.63, 3.8) is 0 Å². The number of carbonyl (C=O) groups is 4. The maximum atomic E-state index is 11.9. The lowest BCUT2D eigenvalue weighted by Gasteiger charge is -2.15. The highest BCUT2D eigenvalue weighted by Gasteiger charge is 2.35. The van der Waals surface area contributed by atoms with Crippen LogP contribution in [0.15, 0.2) is 36.4 Å². The van der Waals surface area contributed by atoms with Crippen LogP contribution >= 0.6 is 0 Å². The molecule has 31 heavy (non-hydrogen) atoms. The first-order valence-electron chi connectivity index (χ1n) is 10.4. The molecule has 7 heteroatoms. The summed E-state index contributed by atoms with van der Waals surface area (Å²) >= 11 is 0. The topological polar surface area (TPSA) is 104 Å². The first-order valence-corrected chi connectivity index (χ1v) is 10.4. The van der Waals surface area contributed by atoms with Crippen molar-refractivity contribution in [1.82, 2.24) is 10.2 Å². The van der Waals surface area contributed by atoms with E-state index in [0.717, 1.165) is 24.8 Å². The number of amides is 4. The lowest BCUT2D eigenvalue weighted by molar-refractivity contribution is 0.0635. The van der Waals surface area contributed by atoms with E-state index in [1.807, 2.05) is 26.0 Å². The molecule has 0 spiro atoms. The summed E-state index contributed by atoms with van der Waals surface area (Å²) in [7, 11) is 0. The predicted molar refractivity (Wildman–Crippen MR) is 115 cm³/mol. The van der Waals surface area contributed by atoms with Crippen molar-refractivity contribution in [1.29, 1.82) is 0 Å². The number of imide groups is 2. The molecule has 0 saturated heterocycles. The van der Waals surface area contributed by atoms with E-state index >= 15 is 0 Å². The Bertz CT molecular complexity index is 1060. The van der Waals surface area contributed by atoms with Crippen LogP contribution in [0.2, 0.25) is 0 Å². The number of unbranched alkanes of at least 4 members (excludes halogenated alkanes) is 1. The minimum absolute atomic E-state index is 0.00583. The summed E-state index contributed by atoms with van der Waals surface area (Å²) < 4.78 is 0. The Morgan fingerprint density at radius 3 is 2.32 bits per heavy atom. The summed E-state index contributed by atoms with van der Waals surface area (Å²) in [5.74, 6) is -0.865. The third-order valence-corrected chi connectivity index (χ3v) is 5.15.